The molecule has 1 aliphatic rings. The first kappa shape index (κ1) is 21.2. The Balaban J connectivity index is 0.00000131. The van der Waals surface area contributed by atoms with E-state index < -0.39 is 0 Å². The summed E-state index contributed by atoms with van der Waals surface area (Å²) in [5.41, 5.74) is 8.43. The number of carbonyl (C=O) groups is 1. The molecule has 2 aromatic heterocycles. The topological polar surface area (TPSA) is 85.3 Å². The van der Waals surface area contributed by atoms with Crippen LogP contribution in [0.5, 0.6) is 0 Å². The van der Waals surface area contributed by atoms with E-state index >= 15 is 0 Å². The van der Waals surface area contributed by atoms with Gasteiger partial charge in [0.2, 0.25) is 11.7 Å². The van der Waals surface area contributed by atoms with Crippen molar-refractivity contribution in [3.05, 3.63) is 48.9 Å². The highest BCUT2D eigenvalue weighted by Crippen LogP contribution is 2.32. The molecular weight excluding hydrogens is 385 g/mol. The first-order valence-corrected chi connectivity index (χ1v) is 8.65. The van der Waals surface area contributed by atoms with Gasteiger partial charge in [-0.25, -0.2) is 9.97 Å². The second kappa shape index (κ2) is 9.17. The molecule has 0 saturated heterocycles. The number of benzene rings is 1. The van der Waals surface area contributed by atoms with Gasteiger partial charge in [-0.05, 0) is 43.5 Å². The minimum absolute atomic E-state index is 0. The molecule has 1 fully saturated rings. The van der Waals surface area contributed by atoms with Crippen molar-refractivity contribution in [2.75, 3.05) is 11.9 Å². The quantitative estimate of drug-likeness (QED) is 0.692. The normalized spacial score (nSPS) is 18.6. The van der Waals surface area contributed by atoms with E-state index in [1.807, 2.05) is 47.1 Å². The molecule has 2 heterocycles. The van der Waals surface area contributed by atoms with Crippen LogP contribution in [0.3, 0.4) is 0 Å². The number of nitrogens with two attached hydrogens (primary N) is 1. The molecule has 1 saturated carbocycles. The number of nitrogens with zero attached hydrogens (tertiary/aromatic N) is 3. The zero-order chi connectivity index (χ0) is 17.2. The number of imidazole rings is 1. The van der Waals surface area contributed by atoms with Crippen molar-refractivity contribution in [3.8, 4) is 11.3 Å². The maximum Gasteiger partial charge on any atom is 0.234 e. The summed E-state index contributed by atoms with van der Waals surface area (Å²) < 4.78 is 1.89. The number of fused-ring (bicyclic) bond motifs is 1. The fourth-order valence-corrected chi connectivity index (χ4v) is 3.59. The summed E-state index contributed by atoms with van der Waals surface area (Å²) in [6.45, 7) is 0.582. The number of aromatic nitrogens is 3. The third kappa shape index (κ3) is 4.40. The predicted molar refractivity (Wildman–Crippen MR) is 111 cm³/mol. The van der Waals surface area contributed by atoms with E-state index in [0.717, 1.165) is 36.2 Å². The molecule has 0 bridgehead atoms. The van der Waals surface area contributed by atoms with Crippen LogP contribution in [-0.2, 0) is 4.79 Å². The number of nitrogens with one attached hydrogen (secondary N) is 1. The first-order chi connectivity index (χ1) is 12.2. The Bertz CT molecular complexity index is 864. The van der Waals surface area contributed by atoms with Gasteiger partial charge in [-0.1, -0.05) is 18.6 Å². The van der Waals surface area contributed by atoms with Gasteiger partial charge in [-0.2, -0.15) is 0 Å². The Morgan fingerprint density at radius 3 is 2.70 bits per heavy atom. The third-order valence-electron chi connectivity index (χ3n) is 4.98. The van der Waals surface area contributed by atoms with Crippen molar-refractivity contribution in [3.63, 3.8) is 0 Å². The van der Waals surface area contributed by atoms with Crippen molar-refractivity contribution in [1.29, 1.82) is 0 Å². The first-order valence-electron chi connectivity index (χ1n) is 8.65. The van der Waals surface area contributed by atoms with Crippen molar-refractivity contribution >= 4 is 42.2 Å². The molecule has 1 aromatic carbocycles. The second-order valence-electron chi connectivity index (χ2n) is 6.55. The van der Waals surface area contributed by atoms with E-state index in [0.29, 0.717) is 18.2 Å². The summed E-state index contributed by atoms with van der Waals surface area (Å²) >= 11 is 0. The van der Waals surface area contributed by atoms with E-state index in [4.69, 9.17) is 5.73 Å². The van der Waals surface area contributed by atoms with E-state index in [9.17, 15) is 4.79 Å². The largest absolute Gasteiger partial charge is 0.330 e. The minimum Gasteiger partial charge on any atom is -0.330 e. The highest BCUT2D eigenvalue weighted by molar-refractivity contribution is 5.93. The zero-order valence-electron chi connectivity index (χ0n) is 14.7. The maximum atomic E-state index is 12.5. The molecule has 3 aromatic rings. The lowest BCUT2D eigenvalue weighted by Gasteiger charge is -2.17. The van der Waals surface area contributed by atoms with Crippen LogP contribution in [-0.4, -0.2) is 26.8 Å². The number of amides is 1. The molecule has 0 radical (unpaired) electrons. The standard InChI is InChI=1S/C19H21N5O.2ClH/c20-11-14-3-1-4-16(14)18(25)22-15-7-5-13(6-8-15)17-12-24-10-2-9-21-19(24)23-17;;/h2,5-10,12,14,16H,1,3-4,11,20H2,(H,22,25);2*1H/t14-,16-;;/m1../s1. The molecule has 1 amide bonds. The monoisotopic (exact) mass is 407 g/mol. The van der Waals surface area contributed by atoms with Gasteiger partial charge in [0.25, 0.3) is 0 Å². The molecule has 3 N–H and O–H groups in total. The smallest absolute Gasteiger partial charge is 0.234 e. The van der Waals surface area contributed by atoms with Crippen LogP contribution in [0.2, 0.25) is 0 Å². The molecule has 6 nitrogen and oxygen atoms in total. The fourth-order valence-electron chi connectivity index (χ4n) is 3.59. The molecule has 8 heteroatoms. The Morgan fingerprint density at radius 2 is 2.00 bits per heavy atom. The second-order valence-corrected chi connectivity index (χ2v) is 6.55. The van der Waals surface area contributed by atoms with Gasteiger partial charge in [0.1, 0.15) is 0 Å². The van der Waals surface area contributed by atoms with Crippen molar-refractivity contribution in [2.24, 2.45) is 17.6 Å². The highest BCUT2D eigenvalue weighted by Gasteiger charge is 2.31. The summed E-state index contributed by atoms with van der Waals surface area (Å²) in [6, 6.07) is 9.63. The lowest BCUT2D eigenvalue weighted by atomic mass is 9.95. The number of hydrogen-bond acceptors (Lipinski definition) is 4. The molecule has 27 heavy (non-hydrogen) atoms. The molecule has 2 atom stereocenters. The number of halogens is 2. The maximum absolute atomic E-state index is 12.5. The minimum atomic E-state index is 0. The molecule has 0 aliphatic heterocycles. The van der Waals surface area contributed by atoms with Crippen molar-refractivity contribution in [1.82, 2.24) is 14.4 Å². The fraction of sp³-hybridized carbons (Fsp3) is 0.316. The van der Waals surface area contributed by atoms with Crippen molar-refractivity contribution in [2.45, 2.75) is 19.3 Å². The van der Waals surface area contributed by atoms with Gasteiger partial charge >= 0.3 is 0 Å². The molecule has 0 spiro atoms. The van der Waals surface area contributed by atoms with Crippen molar-refractivity contribution < 1.29 is 4.79 Å². The van der Waals surface area contributed by atoms with Crippen LogP contribution in [0.15, 0.2) is 48.9 Å². The van der Waals surface area contributed by atoms with Gasteiger partial charge in [0.15, 0.2) is 0 Å². The van der Waals surface area contributed by atoms with Gasteiger partial charge in [0, 0.05) is 35.8 Å². The summed E-state index contributed by atoms with van der Waals surface area (Å²) in [7, 11) is 0. The van der Waals surface area contributed by atoms with Crippen LogP contribution in [0.25, 0.3) is 17.0 Å². The Morgan fingerprint density at radius 1 is 1.22 bits per heavy atom. The average Bonchev–Trinajstić information content (AvgIpc) is 3.28. The lowest BCUT2D eigenvalue weighted by Crippen LogP contribution is -2.29. The molecule has 144 valence electrons. The van der Waals surface area contributed by atoms with E-state index in [1.165, 1.54) is 0 Å². The number of carbonyl (C=O) groups excluding carboxylic acids is 1. The highest BCUT2D eigenvalue weighted by atomic mass is 35.5. The summed E-state index contributed by atoms with van der Waals surface area (Å²) in [6.07, 6.45) is 8.65. The SMILES string of the molecule is Cl.Cl.NC[C@H]1CCC[C@H]1C(=O)Nc1ccc(-c2cn3cccnc3n2)cc1. The number of anilines is 1. The molecule has 0 unspecified atom stereocenters. The van der Waals surface area contributed by atoms with Crippen LogP contribution < -0.4 is 11.1 Å². The van der Waals surface area contributed by atoms with E-state index in [1.54, 1.807) is 6.20 Å². The summed E-state index contributed by atoms with van der Waals surface area (Å²) in [5, 5.41) is 3.02. The Hall–Kier alpha value is -2.15. The predicted octanol–water partition coefficient (Wildman–Crippen LogP) is 3.55. The Labute approximate surface area is 170 Å². The number of hydrogen-bond donors (Lipinski definition) is 2. The Kier molecular flexibility index (Phi) is 7.18. The zero-order valence-corrected chi connectivity index (χ0v) is 16.4. The molecular formula is C19H23Cl2N5O. The van der Waals surface area contributed by atoms with Crippen LogP contribution >= 0.6 is 24.8 Å². The van der Waals surface area contributed by atoms with Gasteiger partial charge in [-0.15, -0.1) is 24.8 Å². The van der Waals surface area contributed by atoms with Gasteiger partial charge in [0.05, 0.1) is 5.69 Å². The number of rotatable bonds is 4. The summed E-state index contributed by atoms with van der Waals surface area (Å²) in [4.78, 5) is 21.2. The van der Waals surface area contributed by atoms with E-state index in [2.05, 4.69) is 15.3 Å². The molecule has 1 aliphatic carbocycles. The van der Waals surface area contributed by atoms with Crippen LogP contribution in [0.4, 0.5) is 5.69 Å². The third-order valence-corrected chi connectivity index (χ3v) is 4.98. The summed E-state index contributed by atoms with van der Waals surface area (Å²) in [5.74, 6) is 1.10. The van der Waals surface area contributed by atoms with Crippen LogP contribution in [0.1, 0.15) is 19.3 Å². The average molecular weight is 408 g/mol. The molecule has 4 rings (SSSR count). The van der Waals surface area contributed by atoms with Crippen LogP contribution in [0, 0.1) is 11.8 Å². The van der Waals surface area contributed by atoms with Gasteiger partial charge < -0.3 is 11.1 Å². The van der Waals surface area contributed by atoms with E-state index in [-0.39, 0.29) is 36.6 Å². The van der Waals surface area contributed by atoms with Gasteiger partial charge in [-0.3, -0.25) is 9.20 Å². The lowest BCUT2D eigenvalue weighted by molar-refractivity contribution is -0.120.